The third-order valence-electron chi connectivity index (χ3n) is 3.99. The molecule has 3 fully saturated rings. The smallest absolute Gasteiger partial charge is 0.322 e. The third kappa shape index (κ3) is 1.10. The van der Waals surface area contributed by atoms with Gasteiger partial charge in [0.1, 0.15) is 6.04 Å². The van der Waals surface area contributed by atoms with E-state index in [1.807, 2.05) is 0 Å². The normalized spacial score (nSPS) is 43.9. The van der Waals surface area contributed by atoms with Crippen molar-refractivity contribution >= 4 is 17.9 Å². The molecule has 3 rings (SSSR count). The molecule has 1 spiro atoms. The number of hydrogen-bond donors (Lipinski definition) is 2. The monoisotopic (exact) mass is 224 g/mol. The number of imide groups is 1. The molecule has 0 radical (unpaired) electrons. The molecule has 16 heavy (non-hydrogen) atoms. The van der Waals surface area contributed by atoms with Gasteiger partial charge in [-0.2, -0.15) is 0 Å². The molecule has 6 nitrogen and oxygen atoms in total. The molecule has 0 aromatic rings. The minimum absolute atomic E-state index is 0.0628. The van der Waals surface area contributed by atoms with Gasteiger partial charge in [-0.25, -0.2) is 4.79 Å². The summed E-state index contributed by atoms with van der Waals surface area (Å²) in [6.45, 7) is 0. The van der Waals surface area contributed by atoms with Gasteiger partial charge in [0.2, 0.25) is 0 Å². The predicted octanol–water partition coefficient (Wildman–Crippen LogP) is -0.606. The molecular weight excluding hydrogens is 212 g/mol. The first-order chi connectivity index (χ1) is 7.58. The van der Waals surface area contributed by atoms with Crippen LogP contribution in [0.2, 0.25) is 0 Å². The highest BCUT2D eigenvalue weighted by atomic mass is 16.5. The summed E-state index contributed by atoms with van der Waals surface area (Å²) in [5, 5.41) is 4.79. The van der Waals surface area contributed by atoms with Crippen LogP contribution in [-0.4, -0.2) is 31.1 Å². The average molecular weight is 224 g/mol. The number of hydrogen-bond acceptors (Lipinski definition) is 4. The minimum atomic E-state index is -0.456. The molecule has 1 aliphatic heterocycles. The molecule has 2 aliphatic carbocycles. The number of ether oxygens (including phenoxy) is 1. The van der Waals surface area contributed by atoms with Crippen LogP contribution in [0, 0.1) is 17.3 Å². The molecule has 1 saturated heterocycles. The second-order valence-electron chi connectivity index (χ2n) is 4.76. The molecule has 4 unspecified atom stereocenters. The Morgan fingerprint density at radius 3 is 2.75 bits per heavy atom. The van der Waals surface area contributed by atoms with Gasteiger partial charge < -0.3 is 10.1 Å². The number of carbonyl (C=O) groups excluding carboxylic acids is 3. The van der Waals surface area contributed by atoms with Crippen LogP contribution in [0.15, 0.2) is 0 Å². The van der Waals surface area contributed by atoms with Gasteiger partial charge in [-0.15, -0.1) is 0 Å². The van der Waals surface area contributed by atoms with Gasteiger partial charge in [-0.3, -0.25) is 14.9 Å². The summed E-state index contributed by atoms with van der Waals surface area (Å²) in [5.74, 6) is -0.453. The lowest BCUT2D eigenvalue weighted by atomic mass is 10.1. The van der Waals surface area contributed by atoms with E-state index in [1.54, 1.807) is 0 Å². The van der Waals surface area contributed by atoms with Gasteiger partial charge in [0.05, 0.1) is 13.0 Å². The Morgan fingerprint density at radius 1 is 1.44 bits per heavy atom. The van der Waals surface area contributed by atoms with Crippen LogP contribution in [0.25, 0.3) is 0 Å². The first kappa shape index (κ1) is 9.62. The SMILES string of the molecule is COC(=O)C1CC12CC2C1NC(=O)NC1=O. The molecule has 4 atom stereocenters. The fourth-order valence-corrected chi connectivity index (χ4v) is 2.93. The summed E-state index contributed by atoms with van der Waals surface area (Å²) in [4.78, 5) is 33.7. The van der Waals surface area contributed by atoms with Gasteiger partial charge >= 0.3 is 12.0 Å². The van der Waals surface area contributed by atoms with Crippen molar-refractivity contribution in [1.29, 1.82) is 0 Å². The van der Waals surface area contributed by atoms with Crippen LogP contribution in [-0.2, 0) is 14.3 Å². The van der Waals surface area contributed by atoms with Gasteiger partial charge in [-0.1, -0.05) is 0 Å². The Balaban J connectivity index is 1.67. The molecule has 0 aromatic carbocycles. The molecule has 3 aliphatic rings. The largest absolute Gasteiger partial charge is 0.469 e. The number of urea groups is 1. The van der Waals surface area contributed by atoms with E-state index in [2.05, 4.69) is 15.4 Å². The summed E-state index contributed by atoms with van der Waals surface area (Å²) in [7, 11) is 1.37. The van der Waals surface area contributed by atoms with Gasteiger partial charge in [0.25, 0.3) is 5.91 Å². The summed E-state index contributed by atoms with van der Waals surface area (Å²) < 4.78 is 4.68. The fourth-order valence-electron chi connectivity index (χ4n) is 2.93. The summed E-state index contributed by atoms with van der Waals surface area (Å²) >= 11 is 0. The van der Waals surface area contributed by atoms with Gasteiger partial charge in [-0.05, 0) is 24.2 Å². The minimum Gasteiger partial charge on any atom is -0.469 e. The molecular formula is C10H12N2O4. The Bertz CT molecular complexity index is 408. The lowest BCUT2D eigenvalue weighted by Gasteiger charge is -2.05. The van der Waals surface area contributed by atoms with Crippen molar-refractivity contribution in [3.63, 3.8) is 0 Å². The van der Waals surface area contributed by atoms with E-state index in [0.717, 1.165) is 12.8 Å². The number of carbonyl (C=O) groups is 3. The highest BCUT2D eigenvalue weighted by molar-refractivity contribution is 6.04. The van der Waals surface area contributed by atoms with Crippen molar-refractivity contribution in [1.82, 2.24) is 10.6 Å². The Hall–Kier alpha value is -1.59. The highest BCUT2D eigenvalue weighted by Crippen LogP contribution is 2.75. The van der Waals surface area contributed by atoms with Gasteiger partial charge in [0.15, 0.2) is 0 Å². The maximum Gasteiger partial charge on any atom is 0.322 e. The zero-order chi connectivity index (χ0) is 11.5. The van der Waals surface area contributed by atoms with Crippen molar-refractivity contribution in [2.75, 3.05) is 7.11 Å². The van der Waals surface area contributed by atoms with E-state index >= 15 is 0 Å². The first-order valence-corrected chi connectivity index (χ1v) is 5.28. The number of nitrogens with one attached hydrogen (secondary N) is 2. The quantitative estimate of drug-likeness (QED) is 0.484. The van der Waals surface area contributed by atoms with E-state index in [1.165, 1.54) is 7.11 Å². The second-order valence-corrected chi connectivity index (χ2v) is 4.76. The van der Waals surface area contributed by atoms with E-state index in [9.17, 15) is 14.4 Å². The first-order valence-electron chi connectivity index (χ1n) is 5.28. The summed E-state index contributed by atoms with van der Waals surface area (Å²) in [6.07, 6.45) is 1.61. The number of esters is 1. The van der Waals surface area contributed by atoms with Crippen LogP contribution in [0.4, 0.5) is 4.79 Å². The van der Waals surface area contributed by atoms with Crippen molar-refractivity contribution in [3.05, 3.63) is 0 Å². The molecule has 0 aromatic heterocycles. The third-order valence-corrected chi connectivity index (χ3v) is 3.99. The van der Waals surface area contributed by atoms with Crippen molar-refractivity contribution in [2.24, 2.45) is 17.3 Å². The number of methoxy groups -OCH3 is 1. The van der Waals surface area contributed by atoms with Crippen LogP contribution >= 0.6 is 0 Å². The zero-order valence-corrected chi connectivity index (χ0v) is 8.78. The van der Waals surface area contributed by atoms with Crippen molar-refractivity contribution < 1.29 is 19.1 Å². The van der Waals surface area contributed by atoms with Gasteiger partial charge in [0, 0.05) is 0 Å². The molecule has 2 saturated carbocycles. The molecule has 2 N–H and O–H groups in total. The van der Waals surface area contributed by atoms with Crippen LogP contribution in [0.1, 0.15) is 12.8 Å². The Kier molecular flexibility index (Phi) is 1.65. The zero-order valence-electron chi connectivity index (χ0n) is 8.78. The molecule has 86 valence electrons. The lowest BCUT2D eigenvalue weighted by Crippen LogP contribution is -2.32. The Morgan fingerprint density at radius 2 is 2.19 bits per heavy atom. The maximum absolute atomic E-state index is 11.4. The Labute approximate surface area is 91.7 Å². The van der Waals surface area contributed by atoms with Crippen LogP contribution in [0.5, 0.6) is 0 Å². The second kappa shape index (κ2) is 2.75. The topological polar surface area (TPSA) is 84.5 Å². The maximum atomic E-state index is 11.4. The summed E-state index contributed by atoms with van der Waals surface area (Å²) in [5.41, 5.74) is -0.0628. The van der Waals surface area contributed by atoms with E-state index < -0.39 is 12.1 Å². The molecule has 6 heteroatoms. The van der Waals surface area contributed by atoms with E-state index in [0.29, 0.717) is 0 Å². The number of rotatable bonds is 2. The standard InChI is InChI=1S/C10H12N2O4/c1-16-8(14)5-3-10(5)2-4(10)6-7(13)12-9(15)11-6/h4-6H,2-3H2,1H3,(H2,11,12,13,15). The van der Waals surface area contributed by atoms with Crippen LogP contribution in [0.3, 0.4) is 0 Å². The van der Waals surface area contributed by atoms with Crippen LogP contribution < -0.4 is 10.6 Å². The molecule has 0 bridgehead atoms. The lowest BCUT2D eigenvalue weighted by molar-refractivity contribution is -0.142. The van der Waals surface area contributed by atoms with E-state index in [4.69, 9.17) is 0 Å². The van der Waals surface area contributed by atoms with Crippen molar-refractivity contribution in [3.8, 4) is 0 Å². The molecule has 3 amide bonds. The van der Waals surface area contributed by atoms with E-state index in [-0.39, 0.29) is 29.1 Å². The summed E-state index contributed by atoms with van der Waals surface area (Å²) in [6, 6.07) is -0.894. The average Bonchev–Trinajstić information content (AvgIpc) is 3.11. The predicted molar refractivity (Wildman–Crippen MR) is 51.1 cm³/mol. The number of amides is 3. The fraction of sp³-hybridized carbons (Fsp3) is 0.700. The highest BCUT2D eigenvalue weighted by Gasteiger charge is 2.76. The van der Waals surface area contributed by atoms with Crippen molar-refractivity contribution in [2.45, 2.75) is 18.9 Å². The molecule has 1 heterocycles.